The smallest absolute Gasteiger partial charge is 0.151 e. The van der Waals surface area contributed by atoms with Crippen molar-refractivity contribution in [3.05, 3.63) is 40.2 Å². The second-order valence-electron chi connectivity index (χ2n) is 2.93. The van der Waals surface area contributed by atoms with Crippen LogP contribution in [0.3, 0.4) is 0 Å². The molecule has 5 heteroatoms. The summed E-state index contributed by atoms with van der Waals surface area (Å²) in [5.41, 5.74) is 6.53. The van der Waals surface area contributed by atoms with Crippen molar-refractivity contribution in [1.82, 2.24) is 9.97 Å². The number of hydrogen-bond donors (Lipinski definition) is 2. The minimum atomic E-state index is 0.408. The quantitative estimate of drug-likeness (QED) is 0.836. The van der Waals surface area contributed by atoms with Gasteiger partial charge in [-0.2, -0.15) is 0 Å². The molecule has 0 fully saturated rings. The molecule has 2 rings (SSSR count). The Balaban J connectivity index is 2.26. The number of nitrogen functional groups attached to an aromatic ring is 1. The first-order valence-corrected chi connectivity index (χ1v) is 5.42. The van der Waals surface area contributed by atoms with Gasteiger partial charge in [-0.25, -0.2) is 4.98 Å². The molecular formula is C10H9IN4. The van der Waals surface area contributed by atoms with Crippen molar-refractivity contribution in [1.29, 1.82) is 0 Å². The molecule has 0 aliphatic heterocycles. The first-order valence-electron chi connectivity index (χ1n) is 4.35. The van der Waals surface area contributed by atoms with Crippen LogP contribution in [0.2, 0.25) is 0 Å². The third-order valence-electron chi connectivity index (χ3n) is 1.79. The maximum absolute atomic E-state index is 5.53. The number of nitrogens with one attached hydrogen (secondary N) is 1. The van der Waals surface area contributed by atoms with Crippen LogP contribution in [0, 0.1) is 3.57 Å². The molecule has 0 radical (unpaired) electrons. The fourth-order valence-corrected chi connectivity index (χ4v) is 1.66. The van der Waals surface area contributed by atoms with E-state index in [0.717, 1.165) is 9.26 Å². The zero-order chi connectivity index (χ0) is 10.7. The molecule has 15 heavy (non-hydrogen) atoms. The van der Waals surface area contributed by atoms with Gasteiger partial charge in [-0.3, -0.25) is 4.98 Å². The number of hydrogen-bond acceptors (Lipinski definition) is 4. The van der Waals surface area contributed by atoms with E-state index in [-0.39, 0.29) is 0 Å². The van der Waals surface area contributed by atoms with Gasteiger partial charge in [0, 0.05) is 3.57 Å². The highest BCUT2D eigenvalue weighted by Crippen LogP contribution is 2.20. The molecule has 0 aliphatic rings. The lowest BCUT2D eigenvalue weighted by atomic mass is 10.3. The molecule has 1 aromatic carbocycles. The third kappa shape index (κ3) is 2.56. The summed E-state index contributed by atoms with van der Waals surface area (Å²) >= 11 is 2.25. The van der Waals surface area contributed by atoms with Crippen molar-refractivity contribution >= 4 is 39.9 Å². The zero-order valence-electron chi connectivity index (χ0n) is 7.81. The summed E-state index contributed by atoms with van der Waals surface area (Å²) in [6.45, 7) is 0. The second kappa shape index (κ2) is 4.43. The lowest BCUT2D eigenvalue weighted by Gasteiger charge is -2.06. The molecule has 0 saturated carbocycles. The molecule has 0 aliphatic carbocycles. The highest BCUT2D eigenvalue weighted by Gasteiger charge is 2.00. The minimum absolute atomic E-state index is 0.408. The Kier molecular flexibility index (Phi) is 3.00. The molecular weight excluding hydrogens is 303 g/mol. The molecule has 0 saturated heterocycles. The van der Waals surface area contributed by atoms with Crippen LogP contribution in [0.1, 0.15) is 0 Å². The SMILES string of the molecule is Nc1cncc(Nc2ccccc2I)n1. The van der Waals surface area contributed by atoms with Gasteiger partial charge >= 0.3 is 0 Å². The van der Waals surface area contributed by atoms with Crippen LogP contribution in [-0.2, 0) is 0 Å². The van der Waals surface area contributed by atoms with Crippen LogP contribution < -0.4 is 11.1 Å². The van der Waals surface area contributed by atoms with Crippen LogP contribution in [0.4, 0.5) is 17.3 Å². The molecule has 0 bridgehead atoms. The number of anilines is 3. The summed E-state index contributed by atoms with van der Waals surface area (Å²) in [5.74, 6) is 1.06. The molecule has 2 aromatic rings. The van der Waals surface area contributed by atoms with Crippen LogP contribution in [0.15, 0.2) is 36.7 Å². The van der Waals surface area contributed by atoms with Crippen molar-refractivity contribution in [2.45, 2.75) is 0 Å². The number of para-hydroxylation sites is 1. The molecule has 1 heterocycles. The lowest BCUT2D eigenvalue weighted by molar-refractivity contribution is 1.21. The minimum Gasteiger partial charge on any atom is -0.382 e. The van der Waals surface area contributed by atoms with Crippen LogP contribution >= 0.6 is 22.6 Å². The van der Waals surface area contributed by atoms with Crippen molar-refractivity contribution in [2.24, 2.45) is 0 Å². The Labute approximate surface area is 101 Å². The lowest BCUT2D eigenvalue weighted by Crippen LogP contribution is -1.99. The van der Waals surface area contributed by atoms with Gasteiger partial charge in [0.15, 0.2) is 5.82 Å². The number of halogens is 1. The van der Waals surface area contributed by atoms with Crippen LogP contribution in [-0.4, -0.2) is 9.97 Å². The van der Waals surface area contributed by atoms with E-state index in [4.69, 9.17) is 5.73 Å². The molecule has 0 unspecified atom stereocenters. The first kappa shape index (κ1) is 10.2. The molecule has 0 atom stereocenters. The van der Waals surface area contributed by atoms with Gasteiger partial charge in [-0.1, -0.05) is 12.1 Å². The van der Waals surface area contributed by atoms with Crippen molar-refractivity contribution in [3.8, 4) is 0 Å². The van der Waals surface area contributed by atoms with E-state index in [1.54, 1.807) is 6.20 Å². The van der Waals surface area contributed by atoms with Gasteiger partial charge in [0.2, 0.25) is 0 Å². The van der Waals surface area contributed by atoms with E-state index >= 15 is 0 Å². The predicted molar refractivity (Wildman–Crippen MR) is 68.9 cm³/mol. The number of nitrogens with two attached hydrogens (primary N) is 1. The Morgan fingerprint density at radius 3 is 2.73 bits per heavy atom. The number of nitrogens with zero attached hydrogens (tertiary/aromatic N) is 2. The maximum Gasteiger partial charge on any atom is 0.151 e. The van der Waals surface area contributed by atoms with Gasteiger partial charge in [0.1, 0.15) is 5.82 Å². The van der Waals surface area contributed by atoms with Gasteiger partial charge < -0.3 is 11.1 Å². The van der Waals surface area contributed by atoms with E-state index in [1.807, 2.05) is 24.3 Å². The van der Waals surface area contributed by atoms with E-state index in [2.05, 4.69) is 37.9 Å². The van der Waals surface area contributed by atoms with Gasteiger partial charge in [0.25, 0.3) is 0 Å². The van der Waals surface area contributed by atoms with E-state index in [1.165, 1.54) is 6.20 Å². The second-order valence-corrected chi connectivity index (χ2v) is 4.10. The average Bonchev–Trinajstić information content (AvgIpc) is 2.22. The normalized spacial score (nSPS) is 9.93. The zero-order valence-corrected chi connectivity index (χ0v) is 9.97. The summed E-state index contributed by atoms with van der Waals surface area (Å²) in [7, 11) is 0. The largest absolute Gasteiger partial charge is 0.382 e. The Hall–Kier alpha value is -1.37. The molecule has 0 spiro atoms. The summed E-state index contributed by atoms with van der Waals surface area (Å²) in [4.78, 5) is 8.07. The van der Waals surface area contributed by atoms with Gasteiger partial charge in [-0.05, 0) is 34.7 Å². The Morgan fingerprint density at radius 2 is 2.00 bits per heavy atom. The molecule has 0 amide bonds. The fraction of sp³-hybridized carbons (Fsp3) is 0. The van der Waals surface area contributed by atoms with Crippen molar-refractivity contribution in [3.63, 3.8) is 0 Å². The van der Waals surface area contributed by atoms with Gasteiger partial charge in [0.05, 0.1) is 18.1 Å². The predicted octanol–water partition coefficient (Wildman–Crippen LogP) is 2.41. The highest BCUT2D eigenvalue weighted by molar-refractivity contribution is 14.1. The molecule has 1 aromatic heterocycles. The van der Waals surface area contributed by atoms with Crippen LogP contribution in [0.5, 0.6) is 0 Å². The fourth-order valence-electron chi connectivity index (χ4n) is 1.14. The summed E-state index contributed by atoms with van der Waals surface area (Å²) < 4.78 is 1.12. The van der Waals surface area contributed by atoms with Crippen molar-refractivity contribution < 1.29 is 0 Å². The number of aromatic nitrogens is 2. The van der Waals surface area contributed by atoms with Crippen molar-refractivity contribution in [2.75, 3.05) is 11.1 Å². The molecule has 3 N–H and O–H groups in total. The standard InChI is InChI=1S/C10H9IN4/c11-7-3-1-2-4-8(7)14-10-6-13-5-9(12)15-10/h1-6H,(H3,12,14,15). The summed E-state index contributed by atoms with van der Waals surface area (Å²) in [6, 6.07) is 7.94. The van der Waals surface area contributed by atoms with Crippen LogP contribution in [0.25, 0.3) is 0 Å². The first-order chi connectivity index (χ1) is 7.25. The summed E-state index contributed by atoms with van der Waals surface area (Å²) in [6.07, 6.45) is 3.15. The van der Waals surface area contributed by atoms with E-state index in [9.17, 15) is 0 Å². The highest BCUT2D eigenvalue weighted by atomic mass is 127. The van der Waals surface area contributed by atoms with E-state index < -0.39 is 0 Å². The van der Waals surface area contributed by atoms with E-state index in [0.29, 0.717) is 11.6 Å². The van der Waals surface area contributed by atoms with Gasteiger partial charge in [-0.15, -0.1) is 0 Å². The monoisotopic (exact) mass is 312 g/mol. The Bertz CT molecular complexity index is 472. The summed E-state index contributed by atoms with van der Waals surface area (Å²) in [5, 5.41) is 3.15. The number of benzene rings is 1. The molecule has 76 valence electrons. The third-order valence-corrected chi connectivity index (χ3v) is 2.73. The average molecular weight is 312 g/mol. The number of rotatable bonds is 2. The Morgan fingerprint density at radius 1 is 1.20 bits per heavy atom. The maximum atomic E-state index is 5.53. The topological polar surface area (TPSA) is 63.8 Å². The molecule has 4 nitrogen and oxygen atoms in total.